The van der Waals surface area contributed by atoms with Gasteiger partial charge in [0.1, 0.15) is 5.56 Å². The number of aryl methyl sites for hydroxylation is 1. The van der Waals surface area contributed by atoms with Gasteiger partial charge in [-0.3, -0.25) is 4.79 Å². The van der Waals surface area contributed by atoms with Crippen molar-refractivity contribution in [2.24, 2.45) is 0 Å². The topological polar surface area (TPSA) is 96.7 Å². The number of halogens is 1. The van der Waals surface area contributed by atoms with E-state index in [1.54, 1.807) is 19.3 Å². The molecule has 4 heterocycles. The fourth-order valence-electron chi connectivity index (χ4n) is 3.48. The highest BCUT2D eigenvalue weighted by Crippen LogP contribution is 2.23. The van der Waals surface area contributed by atoms with Crippen molar-refractivity contribution in [1.82, 2.24) is 24.7 Å². The third kappa shape index (κ3) is 3.90. The number of piperazine rings is 1. The van der Waals surface area contributed by atoms with Crippen LogP contribution < -0.4 is 20.3 Å². The highest BCUT2D eigenvalue weighted by Gasteiger charge is 2.24. The first-order valence-corrected chi connectivity index (χ1v) is 9.89. The zero-order valence-electron chi connectivity index (χ0n) is 17.1. The summed E-state index contributed by atoms with van der Waals surface area (Å²) in [5, 5.41) is 6.02. The number of carbonyl (C=O) groups is 1. The molecule has 0 saturated carbocycles. The zero-order chi connectivity index (χ0) is 21.3. The van der Waals surface area contributed by atoms with Crippen molar-refractivity contribution in [2.45, 2.75) is 26.8 Å². The number of nitrogens with one attached hydrogen (secondary N) is 2. The second-order valence-corrected chi connectivity index (χ2v) is 7.21. The summed E-state index contributed by atoms with van der Waals surface area (Å²) in [5.74, 6) is -0.282. The van der Waals surface area contributed by atoms with E-state index in [-0.39, 0.29) is 23.1 Å². The number of fused-ring (bicyclic) bond motifs is 1. The van der Waals surface area contributed by atoms with Crippen LogP contribution in [0.25, 0.3) is 5.65 Å². The first-order valence-electron chi connectivity index (χ1n) is 9.89. The third-order valence-electron chi connectivity index (χ3n) is 4.91. The lowest BCUT2D eigenvalue weighted by Gasteiger charge is -2.34. The van der Waals surface area contributed by atoms with Crippen LogP contribution in [-0.2, 0) is 0 Å². The summed E-state index contributed by atoms with van der Waals surface area (Å²) < 4.78 is 21.5. The summed E-state index contributed by atoms with van der Waals surface area (Å²) in [5.41, 5.74) is 1.37. The molecule has 3 aromatic rings. The molecule has 0 aliphatic carbocycles. The van der Waals surface area contributed by atoms with Crippen molar-refractivity contribution in [1.29, 1.82) is 0 Å². The average molecular weight is 413 g/mol. The molecule has 1 aliphatic heterocycles. The fraction of sp³-hybridized carbons (Fsp3) is 0.400. The number of hydrogen-bond acceptors (Lipinski definition) is 7. The fourth-order valence-corrected chi connectivity index (χ4v) is 3.48. The van der Waals surface area contributed by atoms with Crippen molar-refractivity contribution in [2.75, 3.05) is 36.5 Å². The molecule has 1 amide bonds. The Kier molecular flexibility index (Phi) is 5.49. The molecule has 1 fully saturated rings. The van der Waals surface area contributed by atoms with E-state index in [0.29, 0.717) is 23.9 Å². The maximum atomic E-state index is 14.3. The number of imidazole rings is 1. The zero-order valence-corrected chi connectivity index (χ0v) is 17.1. The minimum atomic E-state index is -0.523. The SMILES string of the molecule is CCOc1nc(N2CCNCC2C)ncc1C(=O)Nc1cc(F)c2nc(C)cn2c1. The lowest BCUT2D eigenvalue weighted by Crippen LogP contribution is -2.50. The van der Waals surface area contributed by atoms with Gasteiger partial charge >= 0.3 is 0 Å². The minimum Gasteiger partial charge on any atom is -0.477 e. The van der Waals surface area contributed by atoms with E-state index in [2.05, 4.69) is 37.4 Å². The number of nitrogens with zero attached hydrogens (tertiary/aromatic N) is 5. The van der Waals surface area contributed by atoms with Crippen molar-refractivity contribution >= 4 is 23.2 Å². The van der Waals surface area contributed by atoms with Gasteiger partial charge in [-0.05, 0) is 20.8 Å². The summed E-state index contributed by atoms with van der Waals surface area (Å²) in [4.78, 5) is 27.9. The Bertz CT molecular complexity index is 1080. The predicted molar refractivity (Wildman–Crippen MR) is 111 cm³/mol. The highest BCUT2D eigenvalue weighted by molar-refractivity contribution is 6.05. The highest BCUT2D eigenvalue weighted by atomic mass is 19.1. The number of anilines is 2. The van der Waals surface area contributed by atoms with Gasteiger partial charge in [0.15, 0.2) is 11.5 Å². The maximum Gasteiger partial charge on any atom is 0.262 e. The van der Waals surface area contributed by atoms with Gasteiger partial charge < -0.3 is 24.7 Å². The Labute approximate surface area is 173 Å². The van der Waals surface area contributed by atoms with Crippen LogP contribution in [0.3, 0.4) is 0 Å². The molecule has 0 radical (unpaired) electrons. The molecular weight excluding hydrogens is 389 g/mol. The standard InChI is InChI=1S/C20H24FN7O2/c1-4-30-19-15(9-23-20(26-19)28-6-5-22-8-13(28)3)18(29)25-14-7-16(21)17-24-12(2)10-27(17)11-14/h7,9-11,13,22H,4-6,8H2,1-3H3,(H,25,29). The Balaban J connectivity index is 1.61. The van der Waals surface area contributed by atoms with Crippen molar-refractivity contribution in [3.8, 4) is 5.88 Å². The Morgan fingerprint density at radius 1 is 1.40 bits per heavy atom. The lowest BCUT2D eigenvalue weighted by molar-refractivity contribution is 0.102. The molecule has 1 saturated heterocycles. The van der Waals surface area contributed by atoms with Crippen molar-refractivity contribution in [3.63, 3.8) is 0 Å². The van der Waals surface area contributed by atoms with Gasteiger partial charge in [-0.1, -0.05) is 0 Å². The van der Waals surface area contributed by atoms with Crippen LogP contribution in [-0.4, -0.2) is 57.5 Å². The molecule has 3 aromatic heterocycles. The molecule has 1 unspecified atom stereocenters. The van der Waals surface area contributed by atoms with Crippen LogP contribution in [0.4, 0.5) is 16.0 Å². The lowest BCUT2D eigenvalue weighted by atomic mass is 10.2. The second-order valence-electron chi connectivity index (χ2n) is 7.21. The summed E-state index contributed by atoms with van der Waals surface area (Å²) in [6, 6.07) is 1.46. The second kappa shape index (κ2) is 8.23. The molecule has 1 atom stereocenters. The van der Waals surface area contributed by atoms with Gasteiger partial charge in [0.2, 0.25) is 11.8 Å². The Morgan fingerprint density at radius 3 is 3.00 bits per heavy atom. The summed E-state index contributed by atoms with van der Waals surface area (Å²) in [6.45, 7) is 8.46. The number of aromatic nitrogens is 4. The molecule has 9 nitrogen and oxygen atoms in total. The average Bonchev–Trinajstić information content (AvgIpc) is 3.09. The molecular formula is C20H24FN7O2. The van der Waals surface area contributed by atoms with E-state index in [9.17, 15) is 9.18 Å². The monoisotopic (exact) mass is 413 g/mol. The summed E-state index contributed by atoms with van der Waals surface area (Å²) in [7, 11) is 0. The van der Waals surface area contributed by atoms with E-state index in [4.69, 9.17) is 4.74 Å². The van der Waals surface area contributed by atoms with E-state index >= 15 is 0 Å². The van der Waals surface area contributed by atoms with Crippen LogP contribution in [0.15, 0.2) is 24.7 Å². The largest absolute Gasteiger partial charge is 0.477 e. The van der Waals surface area contributed by atoms with Crippen molar-refractivity contribution < 1.29 is 13.9 Å². The Morgan fingerprint density at radius 2 is 2.23 bits per heavy atom. The van der Waals surface area contributed by atoms with E-state index in [1.807, 2.05) is 6.92 Å². The molecule has 30 heavy (non-hydrogen) atoms. The number of hydrogen-bond donors (Lipinski definition) is 2. The summed E-state index contributed by atoms with van der Waals surface area (Å²) in [6.07, 6.45) is 4.74. The molecule has 4 rings (SSSR count). The molecule has 2 N–H and O–H groups in total. The molecule has 158 valence electrons. The molecule has 0 spiro atoms. The number of rotatable bonds is 5. The van der Waals surface area contributed by atoms with E-state index < -0.39 is 11.7 Å². The first kappa shape index (κ1) is 20.0. The van der Waals surface area contributed by atoms with E-state index in [1.165, 1.54) is 16.7 Å². The third-order valence-corrected chi connectivity index (χ3v) is 4.91. The maximum absolute atomic E-state index is 14.3. The number of carbonyl (C=O) groups excluding carboxylic acids is 1. The van der Waals surface area contributed by atoms with Crippen LogP contribution >= 0.6 is 0 Å². The normalized spacial score (nSPS) is 16.7. The molecule has 1 aliphatic rings. The summed E-state index contributed by atoms with van der Waals surface area (Å²) >= 11 is 0. The quantitative estimate of drug-likeness (QED) is 0.661. The van der Waals surface area contributed by atoms with Gasteiger partial charge in [-0.2, -0.15) is 4.98 Å². The van der Waals surface area contributed by atoms with Gasteiger partial charge in [-0.25, -0.2) is 14.4 Å². The molecule has 0 aromatic carbocycles. The first-order chi connectivity index (χ1) is 14.5. The Hall–Kier alpha value is -3.27. The number of amides is 1. The number of pyridine rings is 1. The molecule has 0 bridgehead atoms. The van der Waals surface area contributed by atoms with Crippen LogP contribution in [0.1, 0.15) is 29.9 Å². The predicted octanol–water partition coefficient (Wildman–Crippen LogP) is 2.02. The minimum absolute atomic E-state index is 0.186. The molecule has 10 heteroatoms. The van der Waals surface area contributed by atoms with Crippen LogP contribution in [0.5, 0.6) is 5.88 Å². The van der Waals surface area contributed by atoms with Gasteiger partial charge in [0.05, 0.1) is 18.0 Å². The van der Waals surface area contributed by atoms with Crippen LogP contribution in [0, 0.1) is 12.7 Å². The van der Waals surface area contributed by atoms with Crippen molar-refractivity contribution in [3.05, 3.63) is 41.7 Å². The van der Waals surface area contributed by atoms with Gasteiger partial charge in [0, 0.05) is 50.3 Å². The van der Waals surface area contributed by atoms with Crippen LogP contribution in [0.2, 0.25) is 0 Å². The van der Waals surface area contributed by atoms with Gasteiger partial charge in [-0.15, -0.1) is 0 Å². The number of ether oxygens (including phenoxy) is 1. The smallest absolute Gasteiger partial charge is 0.262 e. The van der Waals surface area contributed by atoms with Gasteiger partial charge in [0.25, 0.3) is 5.91 Å². The van der Waals surface area contributed by atoms with E-state index in [0.717, 1.165) is 19.6 Å².